The van der Waals surface area contributed by atoms with Crippen LogP contribution in [0.2, 0.25) is 0 Å². The summed E-state index contributed by atoms with van der Waals surface area (Å²) >= 11 is 0. The van der Waals surface area contributed by atoms with Crippen LogP contribution in [0, 0.1) is 0 Å². The molecule has 9 heteroatoms. The van der Waals surface area contributed by atoms with E-state index in [2.05, 4.69) is 42.7 Å². The number of phosphoric acid groups is 1. The maximum Gasteiger partial charge on any atom is 0.469 e. The van der Waals surface area contributed by atoms with E-state index in [4.69, 9.17) is 19.3 Å². The van der Waals surface area contributed by atoms with E-state index in [-0.39, 0.29) is 19.4 Å². The number of rotatable bonds is 40. The largest absolute Gasteiger partial charge is 0.469 e. The van der Waals surface area contributed by atoms with Crippen molar-refractivity contribution in [2.24, 2.45) is 0 Å². The first-order valence-corrected chi connectivity index (χ1v) is 23.3. The molecular weight excluding hydrogens is 687 g/mol. The molecule has 1 atom stereocenters. The third-order valence-electron chi connectivity index (χ3n) is 9.39. The molecule has 0 saturated carbocycles. The topological polar surface area (TPSA) is 119 Å². The second-order valence-electron chi connectivity index (χ2n) is 14.7. The van der Waals surface area contributed by atoms with E-state index in [1.807, 2.05) is 12.2 Å². The molecule has 0 aromatic carbocycles. The van der Waals surface area contributed by atoms with Crippen LogP contribution in [0.25, 0.3) is 0 Å². The van der Waals surface area contributed by atoms with Gasteiger partial charge in [-0.3, -0.25) is 14.1 Å². The van der Waals surface area contributed by atoms with Gasteiger partial charge in [0.25, 0.3) is 0 Å². The number of carbonyl (C=O) groups excluding carboxylic acids is 2. The van der Waals surface area contributed by atoms with E-state index in [0.29, 0.717) is 12.8 Å². The van der Waals surface area contributed by atoms with Crippen molar-refractivity contribution < 1.29 is 37.9 Å². The molecule has 0 fully saturated rings. The van der Waals surface area contributed by atoms with Gasteiger partial charge in [-0.15, -0.1) is 0 Å². The second kappa shape index (κ2) is 39.9. The Labute approximate surface area is 325 Å². The molecule has 0 rings (SSSR count). The standard InChI is InChI=1S/C44H81O8P/c1-3-5-7-9-11-13-15-17-18-19-20-21-22-23-24-25-27-28-30-32-34-36-38-43(45)50-40-42(41-51-53(47,48)49)52-44(46)39-37-35-33-31-29-26-16-14-12-10-8-6-4-2/h22-23,26,29,33,35,42H,3-21,24-25,27-28,30-32,34,36-41H2,1-2H3,(H2,47,48,49)/b23-22+,29-26+,35-33+. The third kappa shape index (κ3) is 42.9. The summed E-state index contributed by atoms with van der Waals surface area (Å²) in [6.07, 6.45) is 47.5. The van der Waals surface area contributed by atoms with Crippen LogP contribution < -0.4 is 0 Å². The minimum Gasteiger partial charge on any atom is -0.462 e. The summed E-state index contributed by atoms with van der Waals surface area (Å²) in [5.74, 6) is -0.964. The number of hydrogen-bond donors (Lipinski definition) is 2. The van der Waals surface area contributed by atoms with E-state index in [1.54, 1.807) is 0 Å². The minimum atomic E-state index is -4.77. The van der Waals surface area contributed by atoms with E-state index in [1.165, 1.54) is 135 Å². The van der Waals surface area contributed by atoms with Crippen LogP contribution in [0.15, 0.2) is 36.5 Å². The van der Waals surface area contributed by atoms with E-state index in [0.717, 1.165) is 38.5 Å². The summed E-state index contributed by atoms with van der Waals surface area (Å²) in [7, 11) is -4.77. The number of unbranched alkanes of at least 4 members (excludes halogenated alkanes) is 24. The monoisotopic (exact) mass is 769 g/mol. The summed E-state index contributed by atoms with van der Waals surface area (Å²) in [5, 5.41) is 0. The number of phosphoric ester groups is 1. The van der Waals surface area contributed by atoms with Crippen molar-refractivity contribution in [2.45, 2.75) is 219 Å². The maximum atomic E-state index is 12.3. The quantitative estimate of drug-likeness (QED) is 0.0274. The predicted octanol–water partition coefficient (Wildman–Crippen LogP) is 13.4. The predicted molar refractivity (Wildman–Crippen MR) is 221 cm³/mol. The van der Waals surface area contributed by atoms with Crippen LogP contribution in [0.3, 0.4) is 0 Å². The first-order valence-electron chi connectivity index (χ1n) is 21.8. The molecule has 0 spiro atoms. The molecule has 0 aliphatic heterocycles. The Bertz CT molecular complexity index is 957. The van der Waals surface area contributed by atoms with Gasteiger partial charge in [0.2, 0.25) is 0 Å². The lowest BCUT2D eigenvalue weighted by Crippen LogP contribution is -2.29. The highest BCUT2D eigenvalue weighted by Gasteiger charge is 2.22. The minimum absolute atomic E-state index is 0.106. The molecule has 53 heavy (non-hydrogen) atoms. The lowest BCUT2D eigenvalue weighted by Gasteiger charge is -2.18. The summed E-state index contributed by atoms with van der Waals surface area (Å²) < 4.78 is 26.3. The summed E-state index contributed by atoms with van der Waals surface area (Å²) in [6, 6.07) is 0. The Morgan fingerprint density at radius 3 is 1.34 bits per heavy atom. The molecule has 0 aromatic rings. The second-order valence-corrected chi connectivity index (χ2v) is 15.9. The average molecular weight is 769 g/mol. The first kappa shape index (κ1) is 51.3. The Morgan fingerprint density at radius 1 is 0.491 bits per heavy atom. The van der Waals surface area contributed by atoms with Crippen LogP contribution in [0.1, 0.15) is 213 Å². The van der Waals surface area contributed by atoms with Gasteiger partial charge in [0.1, 0.15) is 6.61 Å². The van der Waals surface area contributed by atoms with Crippen LogP contribution in [-0.2, 0) is 28.2 Å². The molecule has 8 nitrogen and oxygen atoms in total. The fourth-order valence-corrected chi connectivity index (χ4v) is 6.49. The van der Waals surface area contributed by atoms with Crippen molar-refractivity contribution in [2.75, 3.05) is 13.2 Å². The number of esters is 2. The van der Waals surface area contributed by atoms with Crippen molar-refractivity contribution in [3.63, 3.8) is 0 Å². The van der Waals surface area contributed by atoms with Gasteiger partial charge in [-0.25, -0.2) is 4.57 Å². The van der Waals surface area contributed by atoms with Crippen molar-refractivity contribution >= 4 is 19.8 Å². The normalized spacial score (nSPS) is 12.8. The summed E-state index contributed by atoms with van der Waals surface area (Å²) in [6.45, 7) is 3.63. The molecule has 0 aliphatic carbocycles. The number of hydrogen-bond acceptors (Lipinski definition) is 6. The number of ether oxygens (including phenoxy) is 2. The van der Waals surface area contributed by atoms with Crippen molar-refractivity contribution in [3.8, 4) is 0 Å². The Hall–Kier alpha value is -1.73. The van der Waals surface area contributed by atoms with Gasteiger partial charge in [-0.05, 0) is 57.8 Å². The zero-order valence-electron chi connectivity index (χ0n) is 34.2. The molecule has 0 aliphatic rings. The Morgan fingerprint density at radius 2 is 0.887 bits per heavy atom. The van der Waals surface area contributed by atoms with Crippen molar-refractivity contribution in [1.29, 1.82) is 0 Å². The van der Waals surface area contributed by atoms with Crippen LogP contribution in [0.4, 0.5) is 0 Å². The number of allylic oxidation sites excluding steroid dienone is 6. The van der Waals surface area contributed by atoms with Crippen LogP contribution >= 0.6 is 7.82 Å². The molecule has 2 N–H and O–H groups in total. The third-order valence-corrected chi connectivity index (χ3v) is 9.88. The Balaban J connectivity index is 3.90. The summed E-state index contributed by atoms with van der Waals surface area (Å²) in [5.41, 5.74) is 0. The highest BCUT2D eigenvalue weighted by molar-refractivity contribution is 7.46. The van der Waals surface area contributed by atoms with E-state index in [9.17, 15) is 14.2 Å². The average Bonchev–Trinajstić information content (AvgIpc) is 3.13. The fourth-order valence-electron chi connectivity index (χ4n) is 6.13. The highest BCUT2D eigenvalue weighted by atomic mass is 31.2. The molecule has 0 aromatic heterocycles. The molecule has 0 amide bonds. The van der Waals surface area contributed by atoms with Crippen molar-refractivity contribution in [1.82, 2.24) is 0 Å². The van der Waals surface area contributed by atoms with Gasteiger partial charge in [0.05, 0.1) is 6.61 Å². The fraction of sp³-hybridized carbons (Fsp3) is 0.818. The Kier molecular flexibility index (Phi) is 38.6. The SMILES string of the molecule is CCCCCCCC/C=C/C/C=C/CCC(=O)OC(COC(=O)CCCCCCCCC/C=C/CCCCCCCCCCCCC)COP(=O)(O)O. The molecular formula is C44H81O8P. The van der Waals surface area contributed by atoms with Gasteiger partial charge in [0, 0.05) is 12.8 Å². The smallest absolute Gasteiger partial charge is 0.462 e. The van der Waals surface area contributed by atoms with Crippen LogP contribution in [-0.4, -0.2) is 41.0 Å². The molecule has 310 valence electrons. The first-order chi connectivity index (χ1) is 25.8. The van der Waals surface area contributed by atoms with Crippen LogP contribution in [0.5, 0.6) is 0 Å². The lowest BCUT2D eigenvalue weighted by atomic mass is 10.0. The maximum absolute atomic E-state index is 12.3. The zero-order chi connectivity index (χ0) is 38.9. The van der Waals surface area contributed by atoms with Gasteiger partial charge >= 0.3 is 19.8 Å². The molecule has 0 saturated heterocycles. The number of carbonyl (C=O) groups is 2. The molecule has 0 radical (unpaired) electrons. The van der Waals surface area contributed by atoms with Crippen molar-refractivity contribution in [3.05, 3.63) is 36.5 Å². The van der Waals surface area contributed by atoms with Gasteiger partial charge in [0.15, 0.2) is 6.10 Å². The van der Waals surface area contributed by atoms with Gasteiger partial charge < -0.3 is 19.3 Å². The summed E-state index contributed by atoms with van der Waals surface area (Å²) in [4.78, 5) is 42.8. The highest BCUT2D eigenvalue weighted by Crippen LogP contribution is 2.36. The van der Waals surface area contributed by atoms with E-state index < -0.39 is 32.5 Å². The molecule has 0 heterocycles. The van der Waals surface area contributed by atoms with Gasteiger partial charge in [-0.1, -0.05) is 179 Å². The van der Waals surface area contributed by atoms with E-state index >= 15 is 0 Å². The lowest BCUT2D eigenvalue weighted by molar-refractivity contribution is -0.161. The van der Waals surface area contributed by atoms with Gasteiger partial charge in [-0.2, -0.15) is 0 Å². The molecule has 0 bridgehead atoms. The molecule has 1 unspecified atom stereocenters. The zero-order valence-corrected chi connectivity index (χ0v) is 35.1.